The van der Waals surface area contributed by atoms with E-state index in [4.69, 9.17) is 0 Å². The van der Waals surface area contributed by atoms with Crippen molar-refractivity contribution in [3.63, 3.8) is 0 Å². The van der Waals surface area contributed by atoms with Gasteiger partial charge in [0.1, 0.15) is 5.82 Å². The van der Waals surface area contributed by atoms with E-state index in [1.807, 2.05) is 24.4 Å². The quantitative estimate of drug-likeness (QED) is 0.865. The Hall–Kier alpha value is -1.78. The molecule has 1 fully saturated rings. The topological polar surface area (TPSA) is 19.4 Å². The number of halogens is 1. The molecule has 0 amide bonds. The molecule has 0 N–H and O–H groups in total. The fraction of sp³-hybridized carbons (Fsp3) is 0.389. The van der Waals surface area contributed by atoms with Crippen molar-refractivity contribution in [2.75, 3.05) is 26.2 Å². The predicted octanol–water partition coefficient (Wildman–Crippen LogP) is 2.85. The number of aryl methyl sites for hydroxylation is 1. The summed E-state index contributed by atoms with van der Waals surface area (Å²) in [5.41, 5.74) is 3.19. The average Bonchev–Trinajstić information content (AvgIpc) is 2.54. The highest BCUT2D eigenvalue weighted by Gasteiger charge is 2.18. The van der Waals surface area contributed by atoms with Crippen molar-refractivity contribution in [3.8, 4) is 0 Å². The molecule has 4 heteroatoms. The first-order valence-electron chi connectivity index (χ1n) is 7.81. The number of aromatic nitrogens is 1. The van der Waals surface area contributed by atoms with Crippen LogP contribution in [0.5, 0.6) is 0 Å². The van der Waals surface area contributed by atoms with Crippen molar-refractivity contribution in [3.05, 3.63) is 65.2 Å². The van der Waals surface area contributed by atoms with E-state index in [2.05, 4.69) is 27.8 Å². The largest absolute Gasteiger partial charge is 0.296 e. The number of benzene rings is 1. The molecule has 0 atom stereocenters. The van der Waals surface area contributed by atoms with Crippen molar-refractivity contribution in [1.29, 1.82) is 0 Å². The highest BCUT2D eigenvalue weighted by Crippen LogP contribution is 2.14. The van der Waals surface area contributed by atoms with Gasteiger partial charge in [-0.3, -0.25) is 14.8 Å². The second-order valence-corrected chi connectivity index (χ2v) is 5.91. The Morgan fingerprint density at radius 2 is 1.64 bits per heavy atom. The summed E-state index contributed by atoms with van der Waals surface area (Å²) < 4.78 is 13.7. The Balaban J connectivity index is 1.52. The van der Waals surface area contributed by atoms with Gasteiger partial charge in [-0.2, -0.15) is 0 Å². The smallest absolute Gasteiger partial charge is 0.127 e. The summed E-state index contributed by atoms with van der Waals surface area (Å²) in [6.45, 7) is 7.66. The van der Waals surface area contributed by atoms with Crippen LogP contribution in [-0.2, 0) is 13.1 Å². The molecule has 1 saturated heterocycles. The van der Waals surface area contributed by atoms with Gasteiger partial charge in [0.2, 0.25) is 0 Å². The molecule has 1 aliphatic rings. The number of pyridine rings is 1. The summed E-state index contributed by atoms with van der Waals surface area (Å²) in [6.07, 6.45) is 1.86. The van der Waals surface area contributed by atoms with E-state index in [0.717, 1.165) is 44.0 Å². The predicted molar refractivity (Wildman–Crippen MR) is 85.9 cm³/mol. The molecule has 2 heterocycles. The van der Waals surface area contributed by atoms with E-state index in [1.165, 1.54) is 11.6 Å². The van der Waals surface area contributed by atoms with Gasteiger partial charge in [0.25, 0.3) is 0 Å². The molecule has 0 bridgehead atoms. The van der Waals surface area contributed by atoms with Gasteiger partial charge in [0, 0.05) is 51.0 Å². The Morgan fingerprint density at radius 1 is 0.955 bits per heavy atom. The lowest BCUT2D eigenvalue weighted by Crippen LogP contribution is -2.45. The van der Waals surface area contributed by atoms with E-state index in [1.54, 1.807) is 6.07 Å². The Bertz CT molecular complexity index is 566. The zero-order chi connectivity index (χ0) is 15.4. The van der Waals surface area contributed by atoms with Gasteiger partial charge in [0.05, 0.1) is 5.69 Å². The monoisotopic (exact) mass is 299 g/mol. The van der Waals surface area contributed by atoms with Crippen LogP contribution in [0.2, 0.25) is 0 Å². The first-order valence-corrected chi connectivity index (χ1v) is 7.81. The lowest BCUT2D eigenvalue weighted by Gasteiger charge is -2.34. The third-order valence-corrected chi connectivity index (χ3v) is 4.31. The van der Waals surface area contributed by atoms with Gasteiger partial charge in [0.15, 0.2) is 0 Å². The molecule has 1 aromatic heterocycles. The summed E-state index contributed by atoms with van der Waals surface area (Å²) in [6, 6.07) is 11.1. The molecule has 0 unspecified atom stereocenters. The molecule has 2 aromatic rings. The summed E-state index contributed by atoms with van der Waals surface area (Å²) in [7, 11) is 0. The zero-order valence-electron chi connectivity index (χ0n) is 13.0. The number of rotatable bonds is 4. The molecular weight excluding hydrogens is 277 g/mol. The fourth-order valence-corrected chi connectivity index (χ4v) is 2.87. The Labute approximate surface area is 131 Å². The highest BCUT2D eigenvalue weighted by atomic mass is 19.1. The number of piperazine rings is 1. The third kappa shape index (κ3) is 3.70. The van der Waals surface area contributed by atoms with Crippen LogP contribution in [0.4, 0.5) is 4.39 Å². The second-order valence-electron chi connectivity index (χ2n) is 5.91. The SMILES string of the molecule is Cc1cccnc1CN1CCN(Cc2ccccc2F)CC1. The second kappa shape index (κ2) is 6.99. The zero-order valence-corrected chi connectivity index (χ0v) is 13.0. The van der Waals surface area contributed by atoms with Crippen LogP contribution < -0.4 is 0 Å². The minimum absolute atomic E-state index is 0.103. The summed E-state index contributed by atoms with van der Waals surface area (Å²) in [5.74, 6) is -0.103. The van der Waals surface area contributed by atoms with Crippen LogP contribution in [0.25, 0.3) is 0 Å². The third-order valence-electron chi connectivity index (χ3n) is 4.31. The molecule has 3 rings (SSSR count). The van der Waals surface area contributed by atoms with Crippen molar-refractivity contribution >= 4 is 0 Å². The Kier molecular flexibility index (Phi) is 4.80. The normalized spacial score (nSPS) is 16.8. The van der Waals surface area contributed by atoms with Gasteiger partial charge >= 0.3 is 0 Å². The molecule has 0 saturated carbocycles. The average molecular weight is 299 g/mol. The maximum Gasteiger partial charge on any atom is 0.127 e. The standard InChI is InChI=1S/C18H22FN3/c1-15-5-4-8-20-18(15)14-22-11-9-21(10-12-22)13-16-6-2-3-7-17(16)19/h2-8H,9-14H2,1H3. The van der Waals surface area contributed by atoms with Gasteiger partial charge in [-0.25, -0.2) is 4.39 Å². The molecule has 22 heavy (non-hydrogen) atoms. The van der Waals surface area contributed by atoms with Crippen molar-refractivity contribution in [1.82, 2.24) is 14.8 Å². The lowest BCUT2D eigenvalue weighted by atomic mass is 10.1. The molecule has 1 aliphatic heterocycles. The maximum absolute atomic E-state index is 13.7. The molecule has 0 aliphatic carbocycles. The summed E-state index contributed by atoms with van der Waals surface area (Å²) in [5, 5.41) is 0. The minimum Gasteiger partial charge on any atom is -0.296 e. The maximum atomic E-state index is 13.7. The van der Waals surface area contributed by atoms with Crippen LogP contribution in [0.15, 0.2) is 42.6 Å². The fourth-order valence-electron chi connectivity index (χ4n) is 2.87. The molecular formula is C18H22FN3. The van der Waals surface area contributed by atoms with E-state index in [-0.39, 0.29) is 5.82 Å². The molecule has 3 nitrogen and oxygen atoms in total. The molecule has 1 aromatic carbocycles. The van der Waals surface area contributed by atoms with E-state index in [0.29, 0.717) is 6.54 Å². The van der Waals surface area contributed by atoms with E-state index < -0.39 is 0 Å². The lowest BCUT2D eigenvalue weighted by molar-refractivity contribution is 0.120. The number of nitrogens with zero attached hydrogens (tertiary/aromatic N) is 3. The summed E-state index contributed by atoms with van der Waals surface area (Å²) in [4.78, 5) is 9.21. The highest BCUT2D eigenvalue weighted by molar-refractivity contribution is 5.18. The van der Waals surface area contributed by atoms with E-state index >= 15 is 0 Å². The first kappa shape index (κ1) is 15.1. The van der Waals surface area contributed by atoms with E-state index in [9.17, 15) is 4.39 Å². The first-order chi connectivity index (χ1) is 10.7. The van der Waals surface area contributed by atoms with Gasteiger partial charge < -0.3 is 0 Å². The van der Waals surface area contributed by atoms with Crippen molar-refractivity contribution < 1.29 is 4.39 Å². The molecule has 116 valence electrons. The molecule has 0 radical (unpaired) electrons. The van der Waals surface area contributed by atoms with Gasteiger partial charge in [-0.05, 0) is 24.6 Å². The number of hydrogen-bond donors (Lipinski definition) is 0. The van der Waals surface area contributed by atoms with Crippen LogP contribution in [-0.4, -0.2) is 41.0 Å². The van der Waals surface area contributed by atoms with Crippen molar-refractivity contribution in [2.24, 2.45) is 0 Å². The molecule has 0 spiro atoms. The minimum atomic E-state index is -0.103. The Morgan fingerprint density at radius 3 is 2.32 bits per heavy atom. The van der Waals surface area contributed by atoms with Crippen LogP contribution >= 0.6 is 0 Å². The number of hydrogen-bond acceptors (Lipinski definition) is 3. The van der Waals surface area contributed by atoms with Crippen molar-refractivity contribution in [2.45, 2.75) is 20.0 Å². The summed E-state index contributed by atoms with van der Waals surface area (Å²) >= 11 is 0. The van der Waals surface area contributed by atoms with Crippen LogP contribution in [0.3, 0.4) is 0 Å². The van der Waals surface area contributed by atoms with Crippen LogP contribution in [0.1, 0.15) is 16.8 Å². The van der Waals surface area contributed by atoms with Crippen LogP contribution in [0, 0.1) is 12.7 Å². The van der Waals surface area contributed by atoms with Gasteiger partial charge in [-0.1, -0.05) is 24.3 Å². The van der Waals surface area contributed by atoms with Gasteiger partial charge in [-0.15, -0.1) is 0 Å².